The highest BCUT2D eigenvalue weighted by molar-refractivity contribution is 5.93. The van der Waals surface area contributed by atoms with Gasteiger partial charge in [-0.25, -0.2) is 4.79 Å². The van der Waals surface area contributed by atoms with Crippen molar-refractivity contribution in [1.82, 2.24) is 14.8 Å². The summed E-state index contributed by atoms with van der Waals surface area (Å²) in [5.41, 5.74) is 3.41. The summed E-state index contributed by atoms with van der Waals surface area (Å²) in [4.78, 5) is 32.9. The van der Waals surface area contributed by atoms with E-state index < -0.39 is 0 Å². The van der Waals surface area contributed by atoms with Crippen LogP contribution < -0.4 is 5.32 Å². The molecule has 1 aromatic heterocycles. The fourth-order valence-electron chi connectivity index (χ4n) is 4.75. The first-order valence-corrected chi connectivity index (χ1v) is 11.2. The molecule has 3 amide bonds. The van der Waals surface area contributed by atoms with Crippen molar-refractivity contribution >= 4 is 17.6 Å². The van der Waals surface area contributed by atoms with Gasteiger partial charge in [0.2, 0.25) is 5.91 Å². The zero-order chi connectivity index (χ0) is 23.5. The number of rotatable bonds is 3. The summed E-state index contributed by atoms with van der Waals surface area (Å²) < 4.78 is 0. The number of nitrogens with zero attached hydrogens (tertiary/aromatic N) is 3. The van der Waals surface area contributed by atoms with Crippen molar-refractivity contribution < 1.29 is 14.7 Å². The van der Waals surface area contributed by atoms with Gasteiger partial charge in [0.15, 0.2) is 0 Å². The summed E-state index contributed by atoms with van der Waals surface area (Å²) in [5.74, 6) is 6.02. The number of hydrogen-bond acceptors (Lipinski definition) is 4. The van der Waals surface area contributed by atoms with Gasteiger partial charge >= 0.3 is 6.03 Å². The molecule has 0 unspecified atom stereocenters. The molecule has 3 aromatic rings. The second-order valence-electron chi connectivity index (χ2n) is 8.43. The quantitative estimate of drug-likeness (QED) is 0.599. The molecule has 2 aliphatic rings. The first kappa shape index (κ1) is 21.7. The number of carbonyl (C=O) groups excluding carboxylic acids is 2. The average molecular weight is 453 g/mol. The lowest BCUT2D eigenvalue weighted by Gasteiger charge is -2.58. The first-order chi connectivity index (χ1) is 16.6. The van der Waals surface area contributed by atoms with Crippen LogP contribution in [0.1, 0.15) is 22.6 Å². The van der Waals surface area contributed by atoms with Crippen LogP contribution in [0.25, 0.3) is 0 Å². The number of benzene rings is 2. The zero-order valence-electron chi connectivity index (χ0n) is 18.5. The van der Waals surface area contributed by atoms with Gasteiger partial charge in [0.05, 0.1) is 18.7 Å². The Bertz CT molecular complexity index is 1240. The van der Waals surface area contributed by atoms with Crippen molar-refractivity contribution in [2.75, 3.05) is 25.0 Å². The lowest BCUT2D eigenvalue weighted by molar-refractivity contribution is -0.159. The molecule has 0 saturated carbocycles. The van der Waals surface area contributed by atoms with E-state index in [4.69, 9.17) is 0 Å². The van der Waals surface area contributed by atoms with E-state index >= 15 is 0 Å². The lowest BCUT2D eigenvalue weighted by Crippen LogP contribution is -2.73. The van der Waals surface area contributed by atoms with Crippen molar-refractivity contribution in [3.63, 3.8) is 0 Å². The number of aliphatic hydroxyl groups excluding tert-OH is 1. The molecule has 0 spiro atoms. The summed E-state index contributed by atoms with van der Waals surface area (Å²) in [5, 5.41) is 12.8. The third-order valence-corrected chi connectivity index (χ3v) is 6.37. The molecule has 7 nitrogen and oxygen atoms in total. The number of anilines is 1. The Morgan fingerprint density at radius 1 is 1.03 bits per heavy atom. The van der Waals surface area contributed by atoms with Crippen LogP contribution in [0.2, 0.25) is 0 Å². The third-order valence-electron chi connectivity index (χ3n) is 6.37. The van der Waals surface area contributed by atoms with Crippen molar-refractivity contribution in [2.24, 2.45) is 0 Å². The summed E-state index contributed by atoms with van der Waals surface area (Å²) in [7, 11) is 0. The summed E-state index contributed by atoms with van der Waals surface area (Å²) in [6, 6.07) is 20.0. The van der Waals surface area contributed by atoms with Crippen LogP contribution >= 0.6 is 0 Å². The maximum Gasteiger partial charge on any atom is 0.322 e. The number of aliphatic hydroxyl groups is 1. The van der Waals surface area contributed by atoms with E-state index in [2.05, 4.69) is 22.1 Å². The minimum atomic E-state index is -0.300. The molecule has 0 bridgehead atoms. The van der Waals surface area contributed by atoms with Crippen LogP contribution in [0.5, 0.6) is 0 Å². The number of para-hydroxylation sites is 1. The molecule has 34 heavy (non-hydrogen) atoms. The second kappa shape index (κ2) is 9.38. The van der Waals surface area contributed by atoms with Crippen LogP contribution in [-0.4, -0.2) is 63.6 Å². The molecule has 7 heteroatoms. The van der Waals surface area contributed by atoms with E-state index in [1.807, 2.05) is 66.7 Å². The number of pyridine rings is 1. The highest BCUT2D eigenvalue weighted by Gasteiger charge is 2.54. The zero-order valence-corrected chi connectivity index (χ0v) is 18.5. The van der Waals surface area contributed by atoms with Gasteiger partial charge in [0, 0.05) is 41.7 Å². The van der Waals surface area contributed by atoms with Crippen LogP contribution in [-0.2, 0) is 4.79 Å². The molecular weight excluding hydrogens is 428 g/mol. The molecular formula is C27H24N4O3. The molecule has 2 fully saturated rings. The fourth-order valence-corrected chi connectivity index (χ4v) is 4.75. The minimum Gasteiger partial charge on any atom is -0.394 e. The molecule has 3 heterocycles. The minimum absolute atomic E-state index is 0.00125. The monoisotopic (exact) mass is 452 g/mol. The van der Waals surface area contributed by atoms with Gasteiger partial charge in [-0.2, -0.15) is 0 Å². The standard InChI is InChI=1S/C27H24N4O3/c32-18-24-26(21-12-10-19(11-13-21)8-9-20-5-4-14-28-15-20)23-16-30(17-25(33)31(23)24)27(34)29-22-6-2-1-3-7-22/h1-7,10-15,23-24,26,32H,16-18H2,(H,29,34)/t23-,24+,26+/m0/s1. The smallest absolute Gasteiger partial charge is 0.322 e. The van der Waals surface area contributed by atoms with Gasteiger partial charge in [-0.3, -0.25) is 9.78 Å². The average Bonchev–Trinajstić information content (AvgIpc) is 2.86. The largest absolute Gasteiger partial charge is 0.394 e. The fraction of sp³-hybridized carbons (Fsp3) is 0.222. The van der Waals surface area contributed by atoms with Crippen molar-refractivity contribution in [2.45, 2.75) is 18.0 Å². The normalized spacial score (nSPS) is 21.1. The molecule has 0 aliphatic carbocycles. The van der Waals surface area contributed by atoms with E-state index in [0.717, 1.165) is 16.7 Å². The van der Waals surface area contributed by atoms with Crippen LogP contribution in [0.4, 0.5) is 10.5 Å². The topological polar surface area (TPSA) is 85.8 Å². The number of amides is 3. The Hall–Kier alpha value is -4.15. The predicted octanol–water partition coefficient (Wildman–Crippen LogP) is 2.68. The Morgan fingerprint density at radius 2 is 1.79 bits per heavy atom. The predicted molar refractivity (Wildman–Crippen MR) is 128 cm³/mol. The Kier molecular flexibility index (Phi) is 5.98. The van der Waals surface area contributed by atoms with E-state index in [-0.39, 0.29) is 43.1 Å². The van der Waals surface area contributed by atoms with Crippen LogP contribution in [0.15, 0.2) is 79.1 Å². The Balaban J connectivity index is 1.31. The van der Waals surface area contributed by atoms with E-state index in [1.54, 1.807) is 22.2 Å². The van der Waals surface area contributed by atoms with Crippen molar-refractivity contribution in [1.29, 1.82) is 0 Å². The third kappa shape index (κ3) is 4.24. The Morgan fingerprint density at radius 3 is 2.50 bits per heavy atom. The van der Waals surface area contributed by atoms with Gasteiger partial charge in [0.1, 0.15) is 6.54 Å². The number of nitrogens with one attached hydrogen (secondary N) is 1. The van der Waals surface area contributed by atoms with E-state index in [1.165, 1.54) is 0 Å². The van der Waals surface area contributed by atoms with Crippen LogP contribution in [0.3, 0.4) is 0 Å². The number of carbonyl (C=O) groups is 2. The highest BCUT2D eigenvalue weighted by Crippen LogP contribution is 2.43. The van der Waals surface area contributed by atoms with Crippen LogP contribution in [0, 0.1) is 11.8 Å². The van der Waals surface area contributed by atoms with E-state index in [9.17, 15) is 14.7 Å². The van der Waals surface area contributed by atoms with Gasteiger partial charge < -0.3 is 20.2 Å². The molecule has 170 valence electrons. The maximum absolute atomic E-state index is 12.8. The summed E-state index contributed by atoms with van der Waals surface area (Å²) in [6.07, 6.45) is 3.43. The summed E-state index contributed by atoms with van der Waals surface area (Å²) in [6.45, 7) is 0.293. The van der Waals surface area contributed by atoms with Gasteiger partial charge in [-0.15, -0.1) is 0 Å². The number of piperazine rings is 1. The number of urea groups is 1. The number of aromatic nitrogens is 1. The van der Waals surface area contributed by atoms with E-state index in [0.29, 0.717) is 12.2 Å². The summed E-state index contributed by atoms with van der Waals surface area (Å²) >= 11 is 0. The molecule has 2 aromatic carbocycles. The van der Waals surface area contributed by atoms with Gasteiger partial charge in [0.25, 0.3) is 0 Å². The highest BCUT2D eigenvalue weighted by atomic mass is 16.3. The van der Waals surface area contributed by atoms with Gasteiger partial charge in [-0.1, -0.05) is 42.2 Å². The maximum atomic E-state index is 12.8. The molecule has 2 aliphatic heterocycles. The SMILES string of the molecule is O=C(Nc1ccccc1)N1CC(=O)N2[C@H](CO)[C@H](c3ccc(C#Cc4cccnc4)cc3)[C@@H]2C1. The lowest BCUT2D eigenvalue weighted by atomic mass is 9.73. The number of fused-ring (bicyclic) bond motifs is 1. The van der Waals surface area contributed by atoms with Crippen molar-refractivity contribution in [3.05, 3.63) is 95.8 Å². The van der Waals surface area contributed by atoms with Gasteiger partial charge in [-0.05, 0) is 42.0 Å². The molecule has 5 rings (SSSR count). The molecule has 0 radical (unpaired) electrons. The molecule has 2 saturated heterocycles. The first-order valence-electron chi connectivity index (χ1n) is 11.2. The van der Waals surface area contributed by atoms with Crippen molar-refractivity contribution in [3.8, 4) is 11.8 Å². The molecule has 2 N–H and O–H groups in total. The molecule has 3 atom stereocenters. The number of hydrogen-bond donors (Lipinski definition) is 2. The second-order valence-corrected chi connectivity index (χ2v) is 8.43. The Labute approximate surface area is 198 Å².